The fourth-order valence-electron chi connectivity index (χ4n) is 1.82. The van der Waals surface area contributed by atoms with E-state index in [-0.39, 0.29) is 17.4 Å². The lowest BCUT2D eigenvalue weighted by atomic mass is 10.1. The first kappa shape index (κ1) is 15.2. The van der Waals surface area contributed by atoms with Crippen molar-refractivity contribution in [1.29, 1.82) is 0 Å². The molecule has 0 unspecified atom stereocenters. The monoisotopic (exact) mass is 264 g/mol. The van der Waals surface area contributed by atoms with Crippen molar-refractivity contribution in [3.8, 4) is 0 Å². The predicted octanol–water partition coefficient (Wildman–Crippen LogP) is 3.63. The van der Waals surface area contributed by atoms with Crippen LogP contribution < -0.4 is 5.32 Å². The second-order valence-electron chi connectivity index (χ2n) is 5.25. The Bertz CT molecular complexity index is 463. The molecule has 0 aliphatic heterocycles. The Hall–Kier alpha value is -1.84. The van der Waals surface area contributed by atoms with Gasteiger partial charge in [-0.05, 0) is 51.5 Å². The molecule has 1 rings (SSSR count). The molecule has 0 saturated heterocycles. The quantitative estimate of drug-likeness (QED) is 0.888. The smallest absolute Gasteiger partial charge is 0.320 e. The number of urea groups is 1. The summed E-state index contributed by atoms with van der Waals surface area (Å²) in [4.78, 5) is 13.7. The van der Waals surface area contributed by atoms with E-state index in [0.717, 1.165) is 0 Å². The summed E-state index contributed by atoms with van der Waals surface area (Å²) in [5.41, 5.74) is 0.477. The Morgan fingerprint density at radius 3 is 2.63 bits per heavy atom. The molecule has 0 bridgehead atoms. The molecule has 2 amide bonds. The number of carbonyl (C=O) groups is 1. The molecule has 1 aromatic carbocycles. The normalized spacial score (nSPS) is 11.6. The molecular formula is C15H21FN2O. The first-order valence-corrected chi connectivity index (χ1v) is 6.35. The molecule has 0 heterocycles. The van der Waals surface area contributed by atoms with Gasteiger partial charge in [0.05, 0.1) is 0 Å². The summed E-state index contributed by atoms with van der Waals surface area (Å²) in [7, 11) is 0. The van der Waals surface area contributed by atoms with Gasteiger partial charge in [-0.25, -0.2) is 9.18 Å². The van der Waals surface area contributed by atoms with Crippen LogP contribution in [0.5, 0.6) is 0 Å². The Kier molecular flexibility index (Phi) is 5.10. The third-order valence-corrected chi connectivity index (χ3v) is 2.70. The number of halogens is 1. The number of amides is 2. The number of rotatable bonds is 3. The lowest BCUT2D eigenvalue weighted by Gasteiger charge is -2.34. The standard InChI is InChI=1S/C15H21FN2O/c1-5-18(15(2,3)4)14(19)17-10-9-12-7-6-8-13(16)11-12/h6-11H,5H2,1-4H3,(H,17,19)/b10-9+. The predicted molar refractivity (Wildman–Crippen MR) is 76.1 cm³/mol. The minimum atomic E-state index is -0.293. The van der Waals surface area contributed by atoms with Crippen LogP contribution in [-0.2, 0) is 0 Å². The Balaban J connectivity index is 2.63. The van der Waals surface area contributed by atoms with Crippen LogP contribution in [-0.4, -0.2) is 23.0 Å². The van der Waals surface area contributed by atoms with Gasteiger partial charge >= 0.3 is 6.03 Å². The van der Waals surface area contributed by atoms with Crippen molar-refractivity contribution in [2.45, 2.75) is 33.2 Å². The highest BCUT2D eigenvalue weighted by Crippen LogP contribution is 2.12. The molecule has 1 N–H and O–H groups in total. The van der Waals surface area contributed by atoms with E-state index in [1.54, 1.807) is 23.1 Å². The largest absolute Gasteiger partial charge is 0.321 e. The van der Waals surface area contributed by atoms with Crippen LogP contribution in [0, 0.1) is 5.82 Å². The summed E-state index contributed by atoms with van der Waals surface area (Å²) >= 11 is 0. The number of hydrogen-bond acceptors (Lipinski definition) is 1. The zero-order valence-corrected chi connectivity index (χ0v) is 11.9. The van der Waals surface area contributed by atoms with E-state index < -0.39 is 0 Å². The second-order valence-corrected chi connectivity index (χ2v) is 5.25. The lowest BCUT2D eigenvalue weighted by molar-refractivity contribution is 0.153. The van der Waals surface area contributed by atoms with E-state index >= 15 is 0 Å². The molecule has 104 valence electrons. The van der Waals surface area contributed by atoms with E-state index in [4.69, 9.17) is 0 Å². The van der Waals surface area contributed by atoms with Gasteiger partial charge in [0.1, 0.15) is 5.82 Å². The minimum absolute atomic E-state index is 0.164. The van der Waals surface area contributed by atoms with Gasteiger partial charge in [0.25, 0.3) is 0 Å². The molecule has 0 aliphatic rings. The topological polar surface area (TPSA) is 32.3 Å². The Labute approximate surface area is 114 Å². The highest BCUT2D eigenvalue weighted by atomic mass is 19.1. The van der Waals surface area contributed by atoms with Crippen LogP contribution in [0.15, 0.2) is 30.5 Å². The number of carbonyl (C=O) groups excluding carboxylic acids is 1. The molecule has 0 atom stereocenters. The minimum Gasteiger partial charge on any atom is -0.320 e. The van der Waals surface area contributed by atoms with Crippen LogP contribution in [0.2, 0.25) is 0 Å². The number of hydrogen-bond donors (Lipinski definition) is 1. The van der Waals surface area contributed by atoms with Gasteiger partial charge in [-0.3, -0.25) is 0 Å². The molecule has 1 aromatic rings. The molecular weight excluding hydrogens is 243 g/mol. The average Bonchev–Trinajstić information content (AvgIpc) is 2.28. The van der Waals surface area contributed by atoms with Crippen LogP contribution in [0.4, 0.5) is 9.18 Å². The van der Waals surface area contributed by atoms with Crippen LogP contribution in [0.1, 0.15) is 33.3 Å². The van der Waals surface area contributed by atoms with Crippen molar-refractivity contribution in [3.05, 3.63) is 41.8 Å². The average molecular weight is 264 g/mol. The summed E-state index contributed by atoms with van der Waals surface area (Å²) in [6.07, 6.45) is 3.20. The van der Waals surface area contributed by atoms with Crippen molar-refractivity contribution in [2.75, 3.05) is 6.54 Å². The molecule has 4 heteroatoms. The summed E-state index contributed by atoms with van der Waals surface area (Å²) in [6, 6.07) is 6.03. The number of nitrogens with zero attached hydrogens (tertiary/aromatic N) is 1. The van der Waals surface area contributed by atoms with Gasteiger partial charge < -0.3 is 10.2 Å². The van der Waals surface area contributed by atoms with E-state index in [0.29, 0.717) is 12.1 Å². The third-order valence-electron chi connectivity index (χ3n) is 2.70. The van der Waals surface area contributed by atoms with Gasteiger partial charge in [-0.15, -0.1) is 0 Å². The van der Waals surface area contributed by atoms with Gasteiger partial charge in [0, 0.05) is 18.3 Å². The molecule has 0 radical (unpaired) electrons. The zero-order chi connectivity index (χ0) is 14.5. The SMILES string of the molecule is CCN(C(=O)N/C=C/c1cccc(F)c1)C(C)(C)C. The van der Waals surface area contributed by atoms with Crippen molar-refractivity contribution in [2.24, 2.45) is 0 Å². The maximum Gasteiger partial charge on any atom is 0.321 e. The summed E-state index contributed by atoms with van der Waals surface area (Å²) < 4.78 is 13.0. The van der Waals surface area contributed by atoms with Crippen molar-refractivity contribution in [1.82, 2.24) is 10.2 Å². The molecule has 0 aromatic heterocycles. The molecule has 0 saturated carbocycles. The first-order valence-electron chi connectivity index (χ1n) is 6.35. The maximum absolute atomic E-state index is 13.0. The van der Waals surface area contributed by atoms with Crippen molar-refractivity contribution >= 4 is 12.1 Å². The van der Waals surface area contributed by atoms with E-state index in [1.165, 1.54) is 18.3 Å². The van der Waals surface area contributed by atoms with Gasteiger partial charge in [-0.1, -0.05) is 12.1 Å². The van der Waals surface area contributed by atoms with Crippen molar-refractivity contribution < 1.29 is 9.18 Å². The fourth-order valence-corrected chi connectivity index (χ4v) is 1.82. The highest BCUT2D eigenvalue weighted by Gasteiger charge is 2.23. The van der Waals surface area contributed by atoms with Crippen LogP contribution in [0.3, 0.4) is 0 Å². The van der Waals surface area contributed by atoms with E-state index in [9.17, 15) is 9.18 Å². The van der Waals surface area contributed by atoms with Crippen LogP contribution >= 0.6 is 0 Å². The van der Waals surface area contributed by atoms with Crippen LogP contribution in [0.25, 0.3) is 6.08 Å². The number of benzene rings is 1. The summed E-state index contributed by atoms with van der Waals surface area (Å²) in [5, 5.41) is 2.69. The maximum atomic E-state index is 13.0. The molecule has 0 spiro atoms. The zero-order valence-electron chi connectivity index (χ0n) is 11.9. The van der Waals surface area contributed by atoms with Crippen molar-refractivity contribution in [3.63, 3.8) is 0 Å². The van der Waals surface area contributed by atoms with Gasteiger partial charge in [0.15, 0.2) is 0 Å². The Morgan fingerprint density at radius 1 is 1.42 bits per heavy atom. The molecule has 3 nitrogen and oxygen atoms in total. The third kappa shape index (κ3) is 4.73. The van der Waals surface area contributed by atoms with Gasteiger partial charge in [0.2, 0.25) is 0 Å². The van der Waals surface area contributed by atoms with Gasteiger partial charge in [-0.2, -0.15) is 0 Å². The second kappa shape index (κ2) is 6.36. The molecule has 19 heavy (non-hydrogen) atoms. The first-order chi connectivity index (χ1) is 8.84. The summed E-state index contributed by atoms with van der Waals surface area (Å²) in [6.45, 7) is 8.50. The fraction of sp³-hybridized carbons (Fsp3) is 0.400. The number of nitrogens with one attached hydrogen (secondary N) is 1. The lowest BCUT2D eigenvalue weighted by Crippen LogP contribution is -2.48. The molecule has 0 aliphatic carbocycles. The molecule has 0 fully saturated rings. The Morgan fingerprint density at radius 2 is 2.11 bits per heavy atom. The van der Waals surface area contributed by atoms with E-state index in [1.807, 2.05) is 27.7 Å². The summed E-state index contributed by atoms with van der Waals surface area (Å²) in [5.74, 6) is -0.293. The van der Waals surface area contributed by atoms with E-state index in [2.05, 4.69) is 5.32 Å². The highest BCUT2D eigenvalue weighted by molar-refractivity contribution is 5.76.